The van der Waals surface area contributed by atoms with Crippen molar-refractivity contribution in [1.82, 2.24) is 10.3 Å². The van der Waals surface area contributed by atoms with Gasteiger partial charge in [0.2, 0.25) is 0 Å². The molecular weight excluding hydrogens is 524 g/mol. The number of rotatable bonds is 7. The van der Waals surface area contributed by atoms with Gasteiger partial charge < -0.3 is 15.4 Å². The molecule has 0 saturated heterocycles. The van der Waals surface area contributed by atoms with Gasteiger partial charge in [-0.2, -0.15) is 13.2 Å². The molecule has 40 heavy (non-hydrogen) atoms. The number of benzene rings is 3. The monoisotopic (exact) mass is 552 g/mol. The Morgan fingerprint density at radius 1 is 0.925 bits per heavy atom. The molecule has 1 aliphatic carbocycles. The molecule has 3 N–H and O–H groups in total. The van der Waals surface area contributed by atoms with Gasteiger partial charge in [-0.3, -0.25) is 9.59 Å². The number of carbonyl (C=O) groups is 2. The van der Waals surface area contributed by atoms with Gasteiger partial charge in [-0.25, -0.2) is 4.39 Å². The van der Waals surface area contributed by atoms with Crippen LogP contribution in [0.1, 0.15) is 53.6 Å². The van der Waals surface area contributed by atoms with Gasteiger partial charge >= 0.3 is 12.1 Å². The molecule has 0 aliphatic heterocycles. The van der Waals surface area contributed by atoms with Crippen LogP contribution in [0.3, 0.4) is 0 Å². The van der Waals surface area contributed by atoms with Crippen molar-refractivity contribution < 1.29 is 32.3 Å². The molecule has 9 heteroatoms. The van der Waals surface area contributed by atoms with E-state index in [0.717, 1.165) is 33.3 Å². The van der Waals surface area contributed by atoms with Gasteiger partial charge in [0, 0.05) is 34.1 Å². The van der Waals surface area contributed by atoms with E-state index in [9.17, 15) is 27.2 Å². The highest BCUT2D eigenvalue weighted by atomic mass is 19.4. The Morgan fingerprint density at radius 3 is 2.20 bits per heavy atom. The standard InChI is InChI=1S/C31H28F4N2O3/c32-25-9-4-19(5-10-25)26-17-21-3-8-24(18-27(21)37-26)30(14-11-23(12-15-30)31(33,34)35)22-6-1-20(2-7-22)29(40)36-16-13-28(38)39/h1-10,17-18,23,37H,11-16H2,(H,36,40)(H,38,39). The number of H-pyrrole nitrogens is 1. The summed E-state index contributed by atoms with van der Waals surface area (Å²) in [6, 6.07) is 20.8. The number of amides is 1. The van der Waals surface area contributed by atoms with Crippen molar-refractivity contribution in [2.24, 2.45) is 5.92 Å². The van der Waals surface area contributed by atoms with Crippen molar-refractivity contribution in [2.75, 3.05) is 6.54 Å². The molecule has 5 rings (SSSR count). The van der Waals surface area contributed by atoms with E-state index >= 15 is 0 Å². The number of fused-ring (bicyclic) bond motifs is 1. The minimum Gasteiger partial charge on any atom is -0.481 e. The summed E-state index contributed by atoms with van der Waals surface area (Å²) in [6.45, 7) is -0.00520. The smallest absolute Gasteiger partial charge is 0.391 e. The minimum absolute atomic E-state index is 0.00520. The fourth-order valence-electron chi connectivity index (χ4n) is 5.72. The van der Waals surface area contributed by atoms with E-state index in [2.05, 4.69) is 10.3 Å². The van der Waals surface area contributed by atoms with Crippen LogP contribution in [0, 0.1) is 11.7 Å². The van der Waals surface area contributed by atoms with E-state index in [-0.39, 0.29) is 31.6 Å². The van der Waals surface area contributed by atoms with Crippen LogP contribution < -0.4 is 5.32 Å². The lowest BCUT2D eigenvalue weighted by Gasteiger charge is -2.42. The predicted molar refractivity (Wildman–Crippen MR) is 144 cm³/mol. The fourth-order valence-corrected chi connectivity index (χ4v) is 5.72. The number of aliphatic carboxylic acids is 1. The number of aromatic nitrogens is 1. The zero-order valence-electron chi connectivity index (χ0n) is 21.5. The lowest BCUT2D eigenvalue weighted by molar-refractivity contribution is -0.184. The zero-order chi connectivity index (χ0) is 28.5. The molecule has 5 nitrogen and oxygen atoms in total. The normalized spacial score (nSPS) is 19.4. The molecule has 0 radical (unpaired) electrons. The highest BCUT2D eigenvalue weighted by Crippen LogP contribution is 2.50. The van der Waals surface area contributed by atoms with Crippen LogP contribution >= 0.6 is 0 Å². The second-order valence-electron chi connectivity index (χ2n) is 10.4. The molecule has 0 spiro atoms. The summed E-state index contributed by atoms with van der Waals surface area (Å²) < 4.78 is 54.1. The van der Waals surface area contributed by atoms with Crippen LogP contribution in [-0.4, -0.2) is 34.7 Å². The number of carbonyl (C=O) groups excluding carboxylic acids is 1. The third-order valence-electron chi connectivity index (χ3n) is 7.96. The maximum Gasteiger partial charge on any atom is 0.391 e. The summed E-state index contributed by atoms with van der Waals surface area (Å²) in [7, 11) is 0. The molecule has 1 fully saturated rings. The predicted octanol–water partition coefficient (Wildman–Crippen LogP) is 7.22. The van der Waals surface area contributed by atoms with Gasteiger partial charge in [0.1, 0.15) is 5.82 Å². The average molecular weight is 553 g/mol. The first kappa shape index (κ1) is 27.4. The number of carboxylic acid groups (broad SMARTS) is 1. The number of aromatic amines is 1. The van der Waals surface area contributed by atoms with Crippen LogP contribution in [0.15, 0.2) is 72.8 Å². The number of nitrogens with one attached hydrogen (secondary N) is 2. The molecule has 1 aliphatic rings. The molecule has 0 unspecified atom stereocenters. The van der Waals surface area contributed by atoms with Crippen LogP contribution in [0.25, 0.3) is 22.2 Å². The third-order valence-corrected chi connectivity index (χ3v) is 7.96. The Morgan fingerprint density at radius 2 is 1.57 bits per heavy atom. The zero-order valence-corrected chi connectivity index (χ0v) is 21.5. The quantitative estimate of drug-likeness (QED) is 0.212. The van der Waals surface area contributed by atoms with Crippen molar-refractivity contribution in [3.63, 3.8) is 0 Å². The van der Waals surface area contributed by atoms with Gasteiger partial charge in [-0.1, -0.05) is 24.3 Å². The molecule has 0 atom stereocenters. The lowest BCUT2D eigenvalue weighted by atomic mass is 9.63. The SMILES string of the molecule is O=C(O)CCNC(=O)c1ccc(C2(c3ccc4cc(-c5ccc(F)cc5)[nH]c4c3)CCC(C(F)(F)F)CC2)cc1. The summed E-state index contributed by atoms with van der Waals surface area (Å²) >= 11 is 0. The van der Waals surface area contributed by atoms with Crippen LogP contribution in [0.5, 0.6) is 0 Å². The summed E-state index contributed by atoms with van der Waals surface area (Å²) in [5, 5.41) is 12.3. The summed E-state index contributed by atoms with van der Waals surface area (Å²) in [5.41, 5.74) is 3.80. The third kappa shape index (κ3) is 5.59. The van der Waals surface area contributed by atoms with Crippen LogP contribution in [-0.2, 0) is 10.2 Å². The minimum atomic E-state index is -4.25. The fraction of sp³-hybridized carbons (Fsp3) is 0.290. The van der Waals surface area contributed by atoms with Crippen molar-refractivity contribution in [3.05, 3.63) is 95.3 Å². The molecule has 1 amide bonds. The number of carboxylic acids is 1. The molecule has 1 heterocycles. The Kier molecular flexibility index (Phi) is 7.40. The highest BCUT2D eigenvalue weighted by Gasteiger charge is 2.47. The van der Waals surface area contributed by atoms with Crippen LogP contribution in [0.2, 0.25) is 0 Å². The van der Waals surface area contributed by atoms with E-state index in [1.54, 1.807) is 36.4 Å². The van der Waals surface area contributed by atoms with Gasteiger partial charge in [0.05, 0.1) is 12.3 Å². The van der Waals surface area contributed by atoms with Gasteiger partial charge in [0.15, 0.2) is 0 Å². The van der Waals surface area contributed by atoms with E-state index in [1.165, 1.54) is 12.1 Å². The molecule has 208 valence electrons. The Bertz CT molecular complexity index is 1520. The average Bonchev–Trinajstić information content (AvgIpc) is 3.36. The summed E-state index contributed by atoms with van der Waals surface area (Å²) in [4.78, 5) is 26.5. The molecule has 1 saturated carbocycles. The molecule has 0 bridgehead atoms. The Hall–Kier alpha value is -4.14. The maximum absolute atomic E-state index is 13.6. The second-order valence-corrected chi connectivity index (χ2v) is 10.4. The molecule has 3 aromatic carbocycles. The first-order valence-electron chi connectivity index (χ1n) is 13.1. The molecule has 1 aromatic heterocycles. The number of hydrogen-bond acceptors (Lipinski definition) is 2. The van der Waals surface area contributed by atoms with E-state index in [0.29, 0.717) is 18.4 Å². The topological polar surface area (TPSA) is 82.2 Å². The highest BCUT2D eigenvalue weighted by molar-refractivity contribution is 5.94. The summed E-state index contributed by atoms with van der Waals surface area (Å²) in [6.07, 6.45) is -3.89. The first-order chi connectivity index (χ1) is 19.0. The van der Waals surface area contributed by atoms with Crippen molar-refractivity contribution in [2.45, 2.75) is 43.7 Å². The lowest BCUT2D eigenvalue weighted by Crippen LogP contribution is -2.37. The Labute approximate surface area is 228 Å². The molecule has 4 aromatic rings. The van der Waals surface area contributed by atoms with Crippen LogP contribution in [0.4, 0.5) is 17.6 Å². The van der Waals surface area contributed by atoms with Gasteiger partial charge in [-0.15, -0.1) is 0 Å². The first-order valence-corrected chi connectivity index (χ1v) is 13.1. The summed E-state index contributed by atoms with van der Waals surface area (Å²) in [5.74, 6) is -3.12. The van der Waals surface area contributed by atoms with Crippen molar-refractivity contribution in [1.29, 1.82) is 0 Å². The van der Waals surface area contributed by atoms with E-state index in [4.69, 9.17) is 5.11 Å². The van der Waals surface area contributed by atoms with E-state index in [1.807, 2.05) is 24.3 Å². The number of halogens is 4. The number of hydrogen-bond donors (Lipinski definition) is 3. The largest absolute Gasteiger partial charge is 0.481 e. The van der Waals surface area contributed by atoms with Crippen molar-refractivity contribution >= 4 is 22.8 Å². The van der Waals surface area contributed by atoms with E-state index < -0.39 is 29.4 Å². The van der Waals surface area contributed by atoms with Gasteiger partial charge in [0.25, 0.3) is 5.91 Å². The second kappa shape index (κ2) is 10.8. The van der Waals surface area contributed by atoms with Crippen molar-refractivity contribution in [3.8, 4) is 11.3 Å². The number of alkyl halides is 3. The molecular formula is C31H28F4N2O3. The Balaban J connectivity index is 1.48. The maximum atomic E-state index is 13.6. The van der Waals surface area contributed by atoms with Gasteiger partial charge in [-0.05, 0) is 90.9 Å².